The third-order valence-electron chi connectivity index (χ3n) is 5.33. The van der Waals surface area contributed by atoms with Gasteiger partial charge >= 0.3 is 5.97 Å². The number of hydrogen-bond acceptors (Lipinski definition) is 7. The van der Waals surface area contributed by atoms with E-state index in [-0.39, 0.29) is 15.5 Å². The van der Waals surface area contributed by atoms with Gasteiger partial charge in [-0.2, -0.15) is 4.31 Å². The Kier molecular flexibility index (Phi) is 8.08. The van der Waals surface area contributed by atoms with E-state index in [1.807, 2.05) is 18.2 Å². The van der Waals surface area contributed by atoms with Gasteiger partial charge in [-0.25, -0.2) is 18.2 Å². The molecule has 0 saturated carbocycles. The normalized spacial score (nSPS) is 14.5. The van der Waals surface area contributed by atoms with Crippen LogP contribution in [-0.4, -0.2) is 49.3 Å². The van der Waals surface area contributed by atoms with Crippen LogP contribution in [0.3, 0.4) is 0 Å². The second kappa shape index (κ2) is 11.0. The first kappa shape index (κ1) is 25.6. The summed E-state index contributed by atoms with van der Waals surface area (Å²) in [5, 5.41) is 5.20. The lowest BCUT2D eigenvalue weighted by Gasteiger charge is -2.26. The zero-order valence-electron chi connectivity index (χ0n) is 18.4. The lowest BCUT2D eigenvalue weighted by molar-refractivity contribution is -0.119. The molecule has 1 aromatic heterocycles. The van der Waals surface area contributed by atoms with Crippen LogP contribution in [0.5, 0.6) is 0 Å². The molecule has 12 heteroatoms. The summed E-state index contributed by atoms with van der Waals surface area (Å²) in [6.07, 6.45) is 2.51. The van der Waals surface area contributed by atoms with E-state index in [0.29, 0.717) is 28.9 Å². The molecule has 1 fully saturated rings. The van der Waals surface area contributed by atoms with Gasteiger partial charge in [-0.3, -0.25) is 10.1 Å². The van der Waals surface area contributed by atoms with E-state index in [0.717, 1.165) is 24.8 Å². The van der Waals surface area contributed by atoms with Gasteiger partial charge in [-0.05, 0) is 37.1 Å². The van der Waals surface area contributed by atoms with Crippen LogP contribution in [0.2, 0.25) is 10.0 Å². The molecule has 0 atom stereocenters. The Bertz CT molecular complexity index is 1350. The molecule has 1 amide bonds. The number of thiazole rings is 1. The van der Waals surface area contributed by atoms with Gasteiger partial charge in [-0.1, -0.05) is 47.8 Å². The van der Waals surface area contributed by atoms with E-state index in [1.165, 1.54) is 33.8 Å². The van der Waals surface area contributed by atoms with Crippen LogP contribution in [0.4, 0.5) is 5.13 Å². The summed E-state index contributed by atoms with van der Waals surface area (Å²) in [5.74, 6) is -1.43. The summed E-state index contributed by atoms with van der Waals surface area (Å²) in [7, 11) is -3.85. The zero-order chi connectivity index (χ0) is 25.0. The summed E-state index contributed by atoms with van der Waals surface area (Å²) in [6, 6.07) is 11.1. The number of amides is 1. The Morgan fingerprint density at radius 1 is 1.06 bits per heavy atom. The van der Waals surface area contributed by atoms with Crippen molar-refractivity contribution in [2.24, 2.45) is 0 Å². The summed E-state index contributed by atoms with van der Waals surface area (Å²) >= 11 is 13.5. The highest BCUT2D eigenvalue weighted by Gasteiger charge is 2.29. The zero-order valence-corrected chi connectivity index (χ0v) is 21.5. The van der Waals surface area contributed by atoms with Crippen LogP contribution < -0.4 is 5.32 Å². The number of piperidine rings is 1. The van der Waals surface area contributed by atoms with Crippen LogP contribution in [0, 0.1) is 0 Å². The maximum absolute atomic E-state index is 13.0. The van der Waals surface area contributed by atoms with Crippen molar-refractivity contribution in [3.05, 3.63) is 63.5 Å². The number of nitrogens with zero attached hydrogens (tertiary/aromatic N) is 2. The summed E-state index contributed by atoms with van der Waals surface area (Å²) in [6.45, 7) is 0.238. The minimum absolute atomic E-state index is 0.0166. The second-order valence-electron chi connectivity index (χ2n) is 7.75. The second-order valence-corrected chi connectivity index (χ2v) is 11.3. The first-order chi connectivity index (χ1) is 16.8. The van der Waals surface area contributed by atoms with E-state index in [4.69, 9.17) is 27.9 Å². The lowest BCUT2D eigenvalue weighted by Crippen LogP contribution is -2.35. The van der Waals surface area contributed by atoms with Crippen molar-refractivity contribution in [2.45, 2.75) is 24.2 Å². The highest BCUT2D eigenvalue weighted by atomic mass is 35.5. The minimum atomic E-state index is -3.85. The monoisotopic (exact) mass is 553 g/mol. The minimum Gasteiger partial charge on any atom is -0.452 e. The van der Waals surface area contributed by atoms with Crippen LogP contribution in [0.15, 0.2) is 52.7 Å². The maximum atomic E-state index is 13.0. The molecule has 4 rings (SSSR count). The molecule has 0 aliphatic carbocycles. The third kappa shape index (κ3) is 6.02. The van der Waals surface area contributed by atoms with Gasteiger partial charge in [0.1, 0.15) is 4.90 Å². The van der Waals surface area contributed by atoms with Gasteiger partial charge < -0.3 is 4.74 Å². The predicted octanol–water partition coefficient (Wildman–Crippen LogP) is 5.09. The van der Waals surface area contributed by atoms with Gasteiger partial charge in [0.05, 0.1) is 16.3 Å². The molecular formula is C23H21Cl2N3O5S2. The van der Waals surface area contributed by atoms with E-state index < -0.39 is 28.5 Å². The Hall–Kier alpha value is -2.50. The van der Waals surface area contributed by atoms with Crippen LogP contribution >= 0.6 is 34.5 Å². The lowest BCUT2D eigenvalue weighted by atomic mass is 10.2. The summed E-state index contributed by atoms with van der Waals surface area (Å²) in [4.78, 5) is 29.0. The van der Waals surface area contributed by atoms with E-state index in [9.17, 15) is 18.0 Å². The van der Waals surface area contributed by atoms with Gasteiger partial charge in [-0.15, -0.1) is 11.3 Å². The Balaban J connectivity index is 1.38. The van der Waals surface area contributed by atoms with Gasteiger partial charge in [0.25, 0.3) is 5.91 Å². The first-order valence-electron chi connectivity index (χ1n) is 10.7. The van der Waals surface area contributed by atoms with E-state index >= 15 is 0 Å². The molecule has 0 unspecified atom stereocenters. The van der Waals surface area contributed by atoms with Gasteiger partial charge in [0, 0.05) is 29.1 Å². The molecule has 2 aromatic carbocycles. The fourth-order valence-corrected chi connectivity index (χ4v) is 6.54. The highest BCUT2D eigenvalue weighted by molar-refractivity contribution is 7.89. The van der Waals surface area contributed by atoms with E-state index in [2.05, 4.69) is 10.3 Å². The fraction of sp³-hybridized carbons (Fsp3) is 0.261. The number of ether oxygens (including phenoxy) is 1. The molecule has 35 heavy (non-hydrogen) atoms. The van der Waals surface area contributed by atoms with Gasteiger partial charge in [0.15, 0.2) is 11.7 Å². The number of carbonyl (C=O) groups excluding carboxylic acids is 2. The number of benzene rings is 2. The standard InChI is InChI=1S/C23H21Cl2N3O5S2/c24-17-7-3-2-6-16(17)19-14-34-23(26-19)27-21(29)13-33-22(30)15-8-9-18(25)20(12-15)35(31,32)28-10-4-1-5-11-28/h2-3,6-9,12,14H,1,4-5,10-11,13H2,(H,26,27,29). The van der Waals surface area contributed by atoms with Crippen molar-refractivity contribution < 1.29 is 22.7 Å². The van der Waals surface area contributed by atoms with Crippen LogP contribution in [0.25, 0.3) is 11.3 Å². The molecule has 184 valence electrons. The number of anilines is 1. The summed E-state index contributed by atoms with van der Waals surface area (Å²) < 4.78 is 32.4. The van der Waals surface area contributed by atoms with Gasteiger partial charge in [0.2, 0.25) is 10.0 Å². The van der Waals surface area contributed by atoms with Crippen LogP contribution in [0.1, 0.15) is 29.6 Å². The number of aromatic nitrogens is 1. The predicted molar refractivity (Wildman–Crippen MR) is 136 cm³/mol. The largest absolute Gasteiger partial charge is 0.452 e. The summed E-state index contributed by atoms with van der Waals surface area (Å²) in [5.41, 5.74) is 1.32. The number of rotatable bonds is 7. The molecule has 1 aliphatic rings. The van der Waals surface area contributed by atoms with Crippen molar-refractivity contribution in [1.82, 2.24) is 9.29 Å². The van der Waals surface area contributed by atoms with Crippen LogP contribution in [-0.2, 0) is 19.6 Å². The number of halogens is 2. The first-order valence-corrected chi connectivity index (χ1v) is 13.8. The SMILES string of the molecule is O=C(COC(=O)c1ccc(Cl)c(S(=O)(=O)N2CCCCC2)c1)Nc1nc(-c2ccccc2Cl)cs1. The third-order valence-corrected chi connectivity index (χ3v) is 8.80. The molecule has 0 spiro atoms. The molecule has 0 radical (unpaired) electrons. The number of esters is 1. The molecule has 1 N–H and O–H groups in total. The van der Waals surface area contributed by atoms with Crippen molar-refractivity contribution >= 4 is 61.6 Å². The molecule has 3 aromatic rings. The molecule has 2 heterocycles. The van der Waals surface area contributed by atoms with Crippen molar-refractivity contribution in [3.8, 4) is 11.3 Å². The number of sulfonamides is 1. The molecule has 1 saturated heterocycles. The quantitative estimate of drug-likeness (QED) is 0.408. The Morgan fingerprint density at radius 2 is 1.80 bits per heavy atom. The molecular weight excluding hydrogens is 533 g/mol. The fourth-order valence-electron chi connectivity index (χ4n) is 3.57. The molecule has 8 nitrogen and oxygen atoms in total. The topological polar surface area (TPSA) is 106 Å². The average Bonchev–Trinajstić information content (AvgIpc) is 3.31. The average molecular weight is 554 g/mol. The number of hydrogen-bond donors (Lipinski definition) is 1. The smallest absolute Gasteiger partial charge is 0.338 e. The number of carbonyl (C=O) groups is 2. The Labute approximate surface area is 216 Å². The maximum Gasteiger partial charge on any atom is 0.338 e. The van der Waals surface area contributed by atoms with Crippen molar-refractivity contribution in [1.29, 1.82) is 0 Å². The highest BCUT2D eigenvalue weighted by Crippen LogP contribution is 2.30. The number of nitrogens with one attached hydrogen (secondary N) is 1. The van der Waals surface area contributed by atoms with Crippen molar-refractivity contribution in [3.63, 3.8) is 0 Å². The van der Waals surface area contributed by atoms with Crippen molar-refractivity contribution in [2.75, 3.05) is 25.0 Å². The van der Waals surface area contributed by atoms with E-state index in [1.54, 1.807) is 11.4 Å². The Morgan fingerprint density at radius 3 is 2.54 bits per heavy atom. The molecule has 0 bridgehead atoms. The molecule has 1 aliphatic heterocycles.